The first kappa shape index (κ1) is 18.9. The number of halogens is 2. The molecular weight excluding hydrogens is 351 g/mol. The average Bonchev–Trinajstić information content (AvgIpc) is 2.61. The van der Waals surface area contributed by atoms with Crippen LogP contribution in [-0.2, 0) is 13.0 Å². The van der Waals surface area contributed by atoms with Gasteiger partial charge >= 0.3 is 0 Å². The van der Waals surface area contributed by atoms with Crippen LogP contribution >= 0.6 is 11.6 Å². The van der Waals surface area contributed by atoms with Crippen molar-refractivity contribution in [2.24, 2.45) is 5.92 Å². The van der Waals surface area contributed by atoms with Crippen LogP contribution in [0.4, 0.5) is 4.39 Å². The minimum Gasteiger partial charge on any atom is -0.350 e. The van der Waals surface area contributed by atoms with E-state index in [9.17, 15) is 9.18 Å². The summed E-state index contributed by atoms with van der Waals surface area (Å²) in [5.74, 6) is -0.698. The molecule has 1 aliphatic rings. The van der Waals surface area contributed by atoms with Gasteiger partial charge in [-0.2, -0.15) is 0 Å². The molecule has 0 radical (unpaired) electrons. The monoisotopic (exact) mass is 374 g/mol. The number of benzene rings is 2. The summed E-state index contributed by atoms with van der Waals surface area (Å²) in [6, 6.07) is 12.9. The summed E-state index contributed by atoms with van der Waals surface area (Å²) in [4.78, 5) is 14.8. The molecule has 3 rings (SSSR count). The molecule has 0 saturated heterocycles. The van der Waals surface area contributed by atoms with Gasteiger partial charge < -0.3 is 5.32 Å². The molecule has 5 heteroatoms. The van der Waals surface area contributed by atoms with Crippen molar-refractivity contribution in [3.8, 4) is 0 Å². The van der Waals surface area contributed by atoms with Gasteiger partial charge in [0.1, 0.15) is 5.82 Å². The van der Waals surface area contributed by atoms with Crippen LogP contribution in [0.1, 0.15) is 35.3 Å². The van der Waals surface area contributed by atoms with Gasteiger partial charge in [-0.3, -0.25) is 9.69 Å². The van der Waals surface area contributed by atoms with Gasteiger partial charge in [-0.05, 0) is 35.6 Å². The third-order valence-electron chi connectivity index (χ3n) is 5.06. The number of hydrogen-bond acceptors (Lipinski definition) is 2. The lowest BCUT2D eigenvalue weighted by atomic mass is 9.95. The fourth-order valence-corrected chi connectivity index (χ4v) is 3.84. The van der Waals surface area contributed by atoms with Crippen LogP contribution in [0.2, 0.25) is 5.02 Å². The van der Waals surface area contributed by atoms with Gasteiger partial charge in [0.15, 0.2) is 0 Å². The minimum atomic E-state index is -0.594. The van der Waals surface area contributed by atoms with Crippen molar-refractivity contribution in [2.75, 3.05) is 13.1 Å². The first-order chi connectivity index (χ1) is 12.5. The molecule has 0 bridgehead atoms. The Kier molecular flexibility index (Phi) is 5.94. The van der Waals surface area contributed by atoms with Crippen molar-refractivity contribution in [1.29, 1.82) is 0 Å². The zero-order chi connectivity index (χ0) is 18.7. The Morgan fingerprint density at radius 1 is 1.19 bits per heavy atom. The number of hydrogen-bond donors (Lipinski definition) is 1. The summed E-state index contributed by atoms with van der Waals surface area (Å²) in [6.45, 7) is 6.58. The van der Waals surface area contributed by atoms with E-state index in [0.717, 1.165) is 19.5 Å². The molecule has 0 aliphatic carbocycles. The number of rotatable bonds is 5. The van der Waals surface area contributed by atoms with Gasteiger partial charge in [-0.1, -0.05) is 55.8 Å². The van der Waals surface area contributed by atoms with E-state index in [4.69, 9.17) is 11.6 Å². The van der Waals surface area contributed by atoms with Gasteiger partial charge in [0.05, 0.1) is 10.6 Å². The van der Waals surface area contributed by atoms with Gasteiger partial charge in [0.2, 0.25) is 0 Å². The Labute approximate surface area is 159 Å². The Balaban J connectivity index is 1.69. The Bertz CT molecular complexity index is 773. The summed E-state index contributed by atoms with van der Waals surface area (Å²) >= 11 is 6.00. The molecule has 1 atom stereocenters. The quantitative estimate of drug-likeness (QED) is 0.846. The molecule has 0 fully saturated rings. The predicted molar refractivity (Wildman–Crippen MR) is 103 cm³/mol. The van der Waals surface area contributed by atoms with Crippen molar-refractivity contribution in [3.63, 3.8) is 0 Å². The summed E-state index contributed by atoms with van der Waals surface area (Å²) < 4.78 is 13.9. The number of nitrogens with zero attached hydrogens (tertiary/aromatic N) is 1. The van der Waals surface area contributed by atoms with Crippen molar-refractivity contribution in [3.05, 3.63) is 70.0 Å². The second-order valence-corrected chi connectivity index (χ2v) is 7.51. The minimum absolute atomic E-state index is 0.0827. The van der Waals surface area contributed by atoms with E-state index in [0.29, 0.717) is 12.5 Å². The largest absolute Gasteiger partial charge is 0.350 e. The molecule has 0 spiro atoms. The van der Waals surface area contributed by atoms with E-state index >= 15 is 0 Å². The van der Waals surface area contributed by atoms with Crippen molar-refractivity contribution in [1.82, 2.24) is 10.2 Å². The summed E-state index contributed by atoms with van der Waals surface area (Å²) in [5.41, 5.74) is 2.65. The third kappa shape index (κ3) is 4.08. The van der Waals surface area contributed by atoms with Crippen LogP contribution in [0.25, 0.3) is 0 Å². The van der Waals surface area contributed by atoms with E-state index < -0.39 is 11.7 Å². The molecule has 1 N–H and O–H groups in total. The molecule has 1 unspecified atom stereocenters. The Morgan fingerprint density at radius 3 is 2.62 bits per heavy atom. The lowest BCUT2D eigenvalue weighted by molar-refractivity contribution is 0.0900. The zero-order valence-corrected chi connectivity index (χ0v) is 15.9. The number of carbonyl (C=O) groups excluding carboxylic acids is 1. The third-order valence-corrected chi connectivity index (χ3v) is 5.38. The van der Waals surface area contributed by atoms with Gasteiger partial charge in [0.25, 0.3) is 5.91 Å². The van der Waals surface area contributed by atoms with Crippen LogP contribution in [0.15, 0.2) is 42.5 Å². The molecule has 0 saturated carbocycles. The van der Waals surface area contributed by atoms with Crippen molar-refractivity contribution in [2.45, 2.75) is 32.9 Å². The second kappa shape index (κ2) is 8.19. The summed E-state index contributed by atoms with van der Waals surface area (Å²) in [7, 11) is 0. The first-order valence-corrected chi connectivity index (χ1v) is 9.38. The Hall–Kier alpha value is -1.91. The molecule has 3 nitrogen and oxygen atoms in total. The standard InChI is InChI=1S/C21H24ClFN2O/c1-14(2)19(25-11-10-15-6-3-4-7-16(15)13-25)12-24-21(26)20-17(22)8-5-9-18(20)23/h3-9,14,19H,10-13H2,1-2H3,(H,24,26). The van der Waals surface area contributed by atoms with Crippen LogP contribution in [0.3, 0.4) is 0 Å². The fourth-order valence-electron chi connectivity index (χ4n) is 3.59. The number of amides is 1. The van der Waals surface area contributed by atoms with E-state index in [1.54, 1.807) is 0 Å². The van der Waals surface area contributed by atoms with Crippen molar-refractivity contribution < 1.29 is 9.18 Å². The van der Waals surface area contributed by atoms with E-state index in [1.165, 1.54) is 29.3 Å². The fraction of sp³-hybridized carbons (Fsp3) is 0.381. The average molecular weight is 375 g/mol. The summed E-state index contributed by atoms with van der Waals surface area (Å²) in [5, 5.41) is 3.01. The normalized spacial score (nSPS) is 15.6. The number of fused-ring (bicyclic) bond motifs is 1. The van der Waals surface area contributed by atoms with Gasteiger partial charge in [-0.15, -0.1) is 0 Å². The Morgan fingerprint density at radius 2 is 1.92 bits per heavy atom. The summed E-state index contributed by atoms with van der Waals surface area (Å²) in [6.07, 6.45) is 1.01. The van der Waals surface area contributed by atoms with Crippen LogP contribution in [-0.4, -0.2) is 29.9 Å². The van der Waals surface area contributed by atoms with Crippen LogP contribution in [0.5, 0.6) is 0 Å². The maximum atomic E-state index is 13.9. The maximum absolute atomic E-state index is 13.9. The molecule has 2 aromatic rings. The van der Waals surface area contributed by atoms with Gasteiger partial charge in [0, 0.05) is 25.7 Å². The van der Waals surface area contributed by atoms with E-state index in [2.05, 4.69) is 48.3 Å². The van der Waals surface area contributed by atoms with Crippen molar-refractivity contribution >= 4 is 17.5 Å². The molecule has 138 valence electrons. The molecule has 2 aromatic carbocycles. The number of carbonyl (C=O) groups is 1. The zero-order valence-electron chi connectivity index (χ0n) is 15.1. The highest BCUT2D eigenvalue weighted by Crippen LogP contribution is 2.23. The smallest absolute Gasteiger partial charge is 0.255 e. The lowest BCUT2D eigenvalue weighted by Crippen LogP contribution is -2.48. The molecule has 0 aromatic heterocycles. The first-order valence-electron chi connectivity index (χ1n) is 9.00. The van der Waals surface area contributed by atoms with Crippen LogP contribution < -0.4 is 5.32 Å². The second-order valence-electron chi connectivity index (χ2n) is 7.11. The highest BCUT2D eigenvalue weighted by atomic mass is 35.5. The maximum Gasteiger partial charge on any atom is 0.255 e. The molecular formula is C21H24ClFN2O. The van der Waals surface area contributed by atoms with Gasteiger partial charge in [-0.25, -0.2) is 4.39 Å². The molecule has 1 aliphatic heterocycles. The van der Waals surface area contributed by atoms with E-state index in [1.807, 2.05) is 0 Å². The highest BCUT2D eigenvalue weighted by Gasteiger charge is 2.26. The molecule has 1 heterocycles. The SMILES string of the molecule is CC(C)C(CNC(=O)c1c(F)cccc1Cl)N1CCc2ccccc2C1. The molecule has 26 heavy (non-hydrogen) atoms. The van der Waals surface area contributed by atoms with E-state index in [-0.39, 0.29) is 16.6 Å². The predicted octanol–water partition coefficient (Wildman–Crippen LogP) is 4.29. The molecule has 1 amide bonds. The lowest BCUT2D eigenvalue weighted by Gasteiger charge is -2.38. The topological polar surface area (TPSA) is 32.3 Å². The van der Waals surface area contributed by atoms with Crippen LogP contribution in [0, 0.1) is 11.7 Å². The number of nitrogens with one attached hydrogen (secondary N) is 1. The highest BCUT2D eigenvalue weighted by molar-refractivity contribution is 6.33.